The standard InChI is InChI=1S/C13H12N6O2/c14-18-11-6-19-4-3-15-13(19)12(17-11)16-8-1-2-9-10(5-8)21-7-20-9/h1-6,18H,7,14H2,(H,16,17). The third-order valence-electron chi connectivity index (χ3n) is 3.16. The first-order chi connectivity index (χ1) is 10.3. The SMILES string of the molecule is NNc1cn2ccnc2c(Nc2ccc3c(c2)OCO3)n1. The molecule has 106 valence electrons. The number of hydrogen-bond donors (Lipinski definition) is 3. The predicted octanol–water partition coefficient (Wildman–Crippen LogP) is 1.49. The molecule has 3 aromatic rings. The number of nitrogens with one attached hydrogen (secondary N) is 2. The highest BCUT2D eigenvalue weighted by Gasteiger charge is 2.14. The van der Waals surface area contributed by atoms with E-state index in [4.69, 9.17) is 15.3 Å². The Kier molecular flexibility index (Phi) is 2.54. The lowest BCUT2D eigenvalue weighted by Gasteiger charge is -2.09. The molecule has 8 heteroatoms. The van der Waals surface area contributed by atoms with Crippen molar-refractivity contribution in [1.29, 1.82) is 0 Å². The number of imidazole rings is 1. The number of aromatic nitrogens is 3. The number of fused-ring (bicyclic) bond motifs is 2. The Morgan fingerprint density at radius 3 is 3.05 bits per heavy atom. The Morgan fingerprint density at radius 2 is 2.14 bits per heavy atom. The molecule has 1 aromatic carbocycles. The summed E-state index contributed by atoms with van der Waals surface area (Å²) in [7, 11) is 0. The molecule has 0 bridgehead atoms. The zero-order valence-corrected chi connectivity index (χ0v) is 10.9. The second kappa shape index (κ2) is 4.53. The summed E-state index contributed by atoms with van der Waals surface area (Å²) in [6, 6.07) is 5.58. The van der Waals surface area contributed by atoms with Gasteiger partial charge in [-0.1, -0.05) is 0 Å². The van der Waals surface area contributed by atoms with E-state index >= 15 is 0 Å². The number of nitrogens with two attached hydrogens (primary N) is 1. The molecule has 3 heterocycles. The van der Waals surface area contributed by atoms with Crippen molar-refractivity contribution in [3.8, 4) is 11.5 Å². The van der Waals surface area contributed by atoms with E-state index in [1.165, 1.54) is 0 Å². The zero-order chi connectivity index (χ0) is 14.2. The fraction of sp³-hybridized carbons (Fsp3) is 0.0769. The second-order valence-electron chi connectivity index (χ2n) is 4.47. The van der Waals surface area contributed by atoms with E-state index in [0.29, 0.717) is 23.0 Å². The van der Waals surface area contributed by atoms with Crippen molar-refractivity contribution in [2.75, 3.05) is 17.5 Å². The monoisotopic (exact) mass is 284 g/mol. The number of hydrogen-bond acceptors (Lipinski definition) is 7. The van der Waals surface area contributed by atoms with Gasteiger partial charge in [0.2, 0.25) is 6.79 Å². The van der Waals surface area contributed by atoms with Gasteiger partial charge in [0.05, 0.1) is 6.20 Å². The largest absolute Gasteiger partial charge is 0.454 e. The molecular formula is C13H12N6O2. The van der Waals surface area contributed by atoms with E-state index in [0.717, 1.165) is 11.4 Å². The van der Waals surface area contributed by atoms with E-state index in [1.54, 1.807) is 12.4 Å². The van der Waals surface area contributed by atoms with Gasteiger partial charge in [-0.15, -0.1) is 0 Å². The summed E-state index contributed by atoms with van der Waals surface area (Å²) < 4.78 is 12.5. The van der Waals surface area contributed by atoms with E-state index in [9.17, 15) is 0 Å². The normalized spacial score (nSPS) is 12.6. The van der Waals surface area contributed by atoms with Gasteiger partial charge >= 0.3 is 0 Å². The molecule has 8 nitrogen and oxygen atoms in total. The molecule has 21 heavy (non-hydrogen) atoms. The van der Waals surface area contributed by atoms with E-state index in [-0.39, 0.29) is 6.79 Å². The summed E-state index contributed by atoms with van der Waals surface area (Å²) >= 11 is 0. The van der Waals surface area contributed by atoms with Crippen molar-refractivity contribution in [2.24, 2.45) is 5.84 Å². The Morgan fingerprint density at radius 1 is 1.24 bits per heavy atom. The van der Waals surface area contributed by atoms with Crippen LogP contribution in [0.5, 0.6) is 11.5 Å². The molecule has 0 amide bonds. The van der Waals surface area contributed by atoms with Crippen LogP contribution in [-0.4, -0.2) is 21.2 Å². The fourth-order valence-electron chi connectivity index (χ4n) is 2.20. The highest BCUT2D eigenvalue weighted by atomic mass is 16.7. The summed E-state index contributed by atoms with van der Waals surface area (Å²) in [5, 5.41) is 3.21. The van der Waals surface area contributed by atoms with Crippen molar-refractivity contribution >= 4 is 23.0 Å². The van der Waals surface area contributed by atoms with Gasteiger partial charge in [-0.25, -0.2) is 15.8 Å². The molecule has 1 aliphatic heterocycles. The summed E-state index contributed by atoms with van der Waals surface area (Å²) in [6.45, 7) is 0.244. The third-order valence-corrected chi connectivity index (χ3v) is 3.16. The van der Waals surface area contributed by atoms with Gasteiger partial charge in [0.15, 0.2) is 28.8 Å². The van der Waals surface area contributed by atoms with Gasteiger partial charge < -0.3 is 24.6 Å². The lowest BCUT2D eigenvalue weighted by Crippen LogP contribution is -2.11. The molecule has 4 rings (SSSR count). The van der Waals surface area contributed by atoms with E-state index in [1.807, 2.05) is 28.8 Å². The van der Waals surface area contributed by atoms with Gasteiger partial charge in [0.25, 0.3) is 0 Å². The molecule has 0 unspecified atom stereocenters. The zero-order valence-electron chi connectivity index (χ0n) is 10.9. The molecule has 0 aliphatic carbocycles. The molecule has 2 aromatic heterocycles. The first-order valence-electron chi connectivity index (χ1n) is 6.30. The molecule has 0 radical (unpaired) electrons. The first kappa shape index (κ1) is 11.8. The maximum Gasteiger partial charge on any atom is 0.231 e. The highest BCUT2D eigenvalue weighted by Crippen LogP contribution is 2.35. The van der Waals surface area contributed by atoms with Crippen LogP contribution in [0.1, 0.15) is 0 Å². The van der Waals surface area contributed by atoms with Crippen LogP contribution in [-0.2, 0) is 0 Å². The molecule has 0 fully saturated rings. The third kappa shape index (κ3) is 1.98. The molecule has 0 saturated heterocycles. The summed E-state index contributed by atoms with van der Waals surface area (Å²) in [4.78, 5) is 8.65. The van der Waals surface area contributed by atoms with E-state index in [2.05, 4.69) is 20.7 Å². The predicted molar refractivity (Wildman–Crippen MR) is 76.6 cm³/mol. The quantitative estimate of drug-likeness (QED) is 0.495. The molecule has 4 N–H and O–H groups in total. The Bertz CT molecular complexity index is 816. The molecular weight excluding hydrogens is 272 g/mol. The van der Waals surface area contributed by atoms with Gasteiger partial charge in [0.1, 0.15) is 0 Å². The summed E-state index contributed by atoms with van der Waals surface area (Å²) in [5.74, 6) is 7.99. The van der Waals surface area contributed by atoms with Crippen LogP contribution in [0.3, 0.4) is 0 Å². The average Bonchev–Trinajstić information content (AvgIpc) is 3.14. The number of nitrogen functional groups attached to an aromatic ring is 1. The number of benzene rings is 1. The summed E-state index contributed by atoms with van der Waals surface area (Å²) in [5.41, 5.74) is 4.06. The molecule has 0 spiro atoms. The van der Waals surface area contributed by atoms with Crippen LogP contribution in [0.25, 0.3) is 5.65 Å². The minimum atomic E-state index is 0.244. The fourth-order valence-corrected chi connectivity index (χ4v) is 2.20. The van der Waals surface area contributed by atoms with Crippen molar-refractivity contribution in [3.05, 3.63) is 36.8 Å². The van der Waals surface area contributed by atoms with Gasteiger partial charge in [-0.3, -0.25) is 0 Å². The number of anilines is 3. The lowest BCUT2D eigenvalue weighted by atomic mass is 10.3. The van der Waals surface area contributed by atoms with Crippen LogP contribution in [0.4, 0.5) is 17.3 Å². The summed E-state index contributed by atoms with van der Waals surface area (Å²) in [6.07, 6.45) is 5.28. The Hall–Kier alpha value is -3.00. The topological polar surface area (TPSA) is 98.7 Å². The second-order valence-corrected chi connectivity index (χ2v) is 4.47. The number of nitrogens with zero attached hydrogens (tertiary/aromatic N) is 3. The lowest BCUT2D eigenvalue weighted by molar-refractivity contribution is 0.174. The van der Waals surface area contributed by atoms with Crippen molar-refractivity contribution in [3.63, 3.8) is 0 Å². The Balaban J connectivity index is 1.75. The minimum Gasteiger partial charge on any atom is -0.454 e. The Labute approximate surface area is 119 Å². The van der Waals surface area contributed by atoms with E-state index < -0.39 is 0 Å². The van der Waals surface area contributed by atoms with Crippen LogP contribution in [0, 0.1) is 0 Å². The molecule has 0 atom stereocenters. The molecule has 0 saturated carbocycles. The number of ether oxygens (including phenoxy) is 2. The average molecular weight is 284 g/mol. The first-order valence-corrected chi connectivity index (χ1v) is 6.30. The van der Waals surface area contributed by atoms with Crippen molar-refractivity contribution < 1.29 is 9.47 Å². The maximum atomic E-state index is 5.44. The van der Waals surface area contributed by atoms with Crippen LogP contribution < -0.4 is 26.1 Å². The van der Waals surface area contributed by atoms with Crippen LogP contribution >= 0.6 is 0 Å². The molecule has 1 aliphatic rings. The van der Waals surface area contributed by atoms with Crippen LogP contribution in [0.15, 0.2) is 36.8 Å². The van der Waals surface area contributed by atoms with Crippen molar-refractivity contribution in [2.45, 2.75) is 0 Å². The maximum absolute atomic E-state index is 5.44. The van der Waals surface area contributed by atoms with Gasteiger partial charge in [0, 0.05) is 24.1 Å². The number of hydrazine groups is 1. The highest BCUT2D eigenvalue weighted by molar-refractivity contribution is 5.72. The van der Waals surface area contributed by atoms with Crippen LogP contribution in [0.2, 0.25) is 0 Å². The minimum absolute atomic E-state index is 0.244. The number of rotatable bonds is 3. The van der Waals surface area contributed by atoms with Crippen molar-refractivity contribution in [1.82, 2.24) is 14.4 Å². The smallest absolute Gasteiger partial charge is 0.231 e. The van der Waals surface area contributed by atoms with Gasteiger partial charge in [-0.2, -0.15) is 0 Å². The van der Waals surface area contributed by atoms with Gasteiger partial charge in [-0.05, 0) is 12.1 Å².